The lowest BCUT2D eigenvalue weighted by molar-refractivity contribution is -0.153. The highest BCUT2D eigenvalue weighted by Gasteiger charge is 2.19. The molecular weight excluding hydrogens is 313 g/mol. The van der Waals surface area contributed by atoms with E-state index in [4.69, 9.17) is 27.9 Å². The molecule has 6 heteroatoms. The van der Waals surface area contributed by atoms with Crippen molar-refractivity contribution in [1.82, 2.24) is 0 Å². The van der Waals surface area contributed by atoms with E-state index in [2.05, 4.69) is 5.32 Å². The van der Waals surface area contributed by atoms with Crippen molar-refractivity contribution < 1.29 is 14.3 Å². The number of ether oxygens (including phenoxy) is 1. The third kappa shape index (κ3) is 6.36. The van der Waals surface area contributed by atoms with Gasteiger partial charge in [0, 0.05) is 11.4 Å². The van der Waals surface area contributed by atoms with Crippen molar-refractivity contribution in [1.29, 1.82) is 0 Å². The zero-order chi connectivity index (χ0) is 16.0. The number of halogens is 2. The van der Waals surface area contributed by atoms with Crippen LogP contribution in [0, 0.1) is 5.92 Å². The fourth-order valence-corrected chi connectivity index (χ4v) is 1.88. The largest absolute Gasteiger partial charge is 0.453 e. The second-order valence-corrected chi connectivity index (χ2v) is 6.02. The minimum atomic E-state index is -0.889. The molecule has 0 fully saturated rings. The highest BCUT2D eigenvalue weighted by atomic mass is 35.5. The first kappa shape index (κ1) is 17.8. The first-order chi connectivity index (χ1) is 9.79. The van der Waals surface area contributed by atoms with Gasteiger partial charge >= 0.3 is 5.97 Å². The van der Waals surface area contributed by atoms with Gasteiger partial charge in [-0.15, -0.1) is 0 Å². The van der Waals surface area contributed by atoms with Crippen molar-refractivity contribution in [3.05, 3.63) is 28.2 Å². The van der Waals surface area contributed by atoms with Crippen LogP contribution in [0.2, 0.25) is 10.0 Å². The molecule has 1 aromatic rings. The van der Waals surface area contributed by atoms with E-state index < -0.39 is 12.0 Å². The molecule has 4 nitrogen and oxygen atoms in total. The molecule has 1 aromatic carbocycles. The van der Waals surface area contributed by atoms with Crippen LogP contribution < -0.4 is 5.32 Å². The van der Waals surface area contributed by atoms with E-state index in [-0.39, 0.29) is 5.97 Å². The molecule has 116 valence electrons. The topological polar surface area (TPSA) is 55.4 Å². The summed E-state index contributed by atoms with van der Waals surface area (Å²) in [5.74, 6) is -0.424. The highest BCUT2D eigenvalue weighted by molar-refractivity contribution is 6.35. The van der Waals surface area contributed by atoms with E-state index in [1.165, 1.54) is 13.0 Å². The van der Waals surface area contributed by atoms with Crippen molar-refractivity contribution in [3.8, 4) is 0 Å². The predicted octanol–water partition coefficient (Wildman–Crippen LogP) is 4.30. The lowest BCUT2D eigenvalue weighted by Gasteiger charge is -2.14. The van der Waals surface area contributed by atoms with Crippen molar-refractivity contribution in [3.63, 3.8) is 0 Å². The summed E-state index contributed by atoms with van der Waals surface area (Å²) in [6.45, 7) is 5.55. The summed E-state index contributed by atoms with van der Waals surface area (Å²) in [5.41, 5.74) is 0.388. The maximum absolute atomic E-state index is 12.0. The molecule has 21 heavy (non-hydrogen) atoms. The quantitative estimate of drug-likeness (QED) is 0.790. The third-order valence-corrected chi connectivity index (χ3v) is 3.35. The number of esters is 1. The summed E-state index contributed by atoms with van der Waals surface area (Å²) in [6, 6.07) is 4.74. The zero-order valence-corrected chi connectivity index (χ0v) is 13.8. The Morgan fingerprint density at radius 1 is 1.24 bits per heavy atom. The van der Waals surface area contributed by atoms with E-state index in [0.717, 1.165) is 6.42 Å². The number of hydrogen-bond donors (Lipinski definition) is 1. The van der Waals surface area contributed by atoms with Crippen molar-refractivity contribution >= 4 is 40.8 Å². The summed E-state index contributed by atoms with van der Waals surface area (Å²) in [7, 11) is 0. The van der Waals surface area contributed by atoms with Gasteiger partial charge in [-0.2, -0.15) is 0 Å². The standard InChI is InChI=1S/C15H19Cl2NO3/c1-9(2)4-7-14(19)21-10(3)15(20)18-13-8-11(16)5-6-12(13)17/h5-6,8-10H,4,7H2,1-3H3,(H,18,20). The molecule has 1 N–H and O–H groups in total. The molecule has 0 heterocycles. The van der Waals surface area contributed by atoms with Crippen molar-refractivity contribution in [2.24, 2.45) is 5.92 Å². The van der Waals surface area contributed by atoms with Gasteiger partial charge < -0.3 is 10.1 Å². The molecule has 0 aliphatic rings. The number of nitrogens with one attached hydrogen (secondary N) is 1. The molecule has 0 bridgehead atoms. The molecule has 1 unspecified atom stereocenters. The van der Waals surface area contributed by atoms with Crippen LogP contribution in [0.3, 0.4) is 0 Å². The van der Waals surface area contributed by atoms with Crippen molar-refractivity contribution in [2.75, 3.05) is 5.32 Å². The molecule has 0 aromatic heterocycles. The van der Waals surface area contributed by atoms with Gasteiger partial charge in [-0.25, -0.2) is 0 Å². The average Bonchev–Trinajstić information content (AvgIpc) is 2.40. The van der Waals surface area contributed by atoms with Crippen LogP contribution in [0.4, 0.5) is 5.69 Å². The number of carbonyl (C=O) groups excluding carboxylic acids is 2. The Morgan fingerprint density at radius 3 is 2.52 bits per heavy atom. The lowest BCUT2D eigenvalue weighted by Crippen LogP contribution is -2.30. The Labute approximate surface area is 134 Å². The number of carbonyl (C=O) groups is 2. The third-order valence-electron chi connectivity index (χ3n) is 2.79. The number of hydrogen-bond acceptors (Lipinski definition) is 3. The minimum absolute atomic E-state index is 0.299. The number of anilines is 1. The molecule has 0 saturated carbocycles. The molecule has 0 saturated heterocycles. The predicted molar refractivity (Wildman–Crippen MR) is 84.7 cm³/mol. The highest BCUT2D eigenvalue weighted by Crippen LogP contribution is 2.25. The van der Waals surface area contributed by atoms with Gasteiger partial charge in [0.2, 0.25) is 0 Å². The molecule has 0 spiro atoms. The summed E-state index contributed by atoms with van der Waals surface area (Å²) >= 11 is 11.8. The zero-order valence-electron chi connectivity index (χ0n) is 12.3. The fraction of sp³-hybridized carbons (Fsp3) is 0.467. The van der Waals surface area contributed by atoms with Gasteiger partial charge in [0.25, 0.3) is 5.91 Å². The molecule has 0 aliphatic heterocycles. The van der Waals surface area contributed by atoms with Crippen LogP contribution >= 0.6 is 23.2 Å². The van der Waals surface area contributed by atoms with Crippen LogP contribution in [0.1, 0.15) is 33.6 Å². The van der Waals surface area contributed by atoms with Gasteiger partial charge in [0.1, 0.15) is 0 Å². The average molecular weight is 332 g/mol. The van der Waals surface area contributed by atoms with Crippen molar-refractivity contribution in [2.45, 2.75) is 39.7 Å². The Morgan fingerprint density at radius 2 is 1.90 bits per heavy atom. The molecule has 1 rings (SSSR count). The van der Waals surface area contributed by atoms with Crippen LogP contribution in [-0.2, 0) is 14.3 Å². The van der Waals surface area contributed by atoms with E-state index >= 15 is 0 Å². The molecule has 0 radical (unpaired) electrons. The Hall–Kier alpha value is -1.26. The van der Waals surface area contributed by atoms with Gasteiger partial charge in [0.05, 0.1) is 10.7 Å². The molecule has 1 atom stereocenters. The normalized spacial score (nSPS) is 12.1. The van der Waals surface area contributed by atoms with E-state index in [1.54, 1.807) is 12.1 Å². The summed E-state index contributed by atoms with van der Waals surface area (Å²) in [6.07, 6.45) is 0.139. The smallest absolute Gasteiger partial charge is 0.306 e. The Bertz CT molecular complexity index is 518. The fourth-order valence-electron chi connectivity index (χ4n) is 1.54. The molecular formula is C15H19Cl2NO3. The van der Waals surface area contributed by atoms with E-state index in [1.807, 2.05) is 13.8 Å². The molecule has 1 amide bonds. The number of amides is 1. The number of benzene rings is 1. The van der Waals surface area contributed by atoms with Gasteiger partial charge in [0.15, 0.2) is 6.10 Å². The van der Waals surface area contributed by atoms with E-state index in [0.29, 0.717) is 28.1 Å². The first-order valence-electron chi connectivity index (χ1n) is 6.75. The summed E-state index contributed by atoms with van der Waals surface area (Å²) in [4.78, 5) is 23.5. The summed E-state index contributed by atoms with van der Waals surface area (Å²) < 4.78 is 5.08. The van der Waals surface area contributed by atoms with E-state index in [9.17, 15) is 9.59 Å². The first-order valence-corrected chi connectivity index (χ1v) is 7.50. The number of rotatable bonds is 6. The van der Waals surface area contributed by atoms with Crippen LogP contribution in [0.5, 0.6) is 0 Å². The van der Waals surface area contributed by atoms with Gasteiger partial charge in [-0.3, -0.25) is 9.59 Å². The SMILES string of the molecule is CC(C)CCC(=O)OC(C)C(=O)Nc1cc(Cl)ccc1Cl. The van der Waals surface area contributed by atoms with Crippen LogP contribution in [0.25, 0.3) is 0 Å². The van der Waals surface area contributed by atoms with Gasteiger partial charge in [-0.05, 0) is 37.5 Å². The lowest BCUT2D eigenvalue weighted by atomic mass is 10.1. The monoisotopic (exact) mass is 331 g/mol. The molecule has 0 aliphatic carbocycles. The summed E-state index contributed by atoms with van der Waals surface area (Å²) in [5, 5.41) is 3.41. The second kappa shape index (κ2) is 8.25. The van der Waals surface area contributed by atoms with Crippen LogP contribution in [-0.4, -0.2) is 18.0 Å². The second-order valence-electron chi connectivity index (χ2n) is 5.18. The maximum atomic E-state index is 12.0. The Balaban J connectivity index is 2.54. The maximum Gasteiger partial charge on any atom is 0.306 e. The van der Waals surface area contributed by atoms with Crippen LogP contribution in [0.15, 0.2) is 18.2 Å². The minimum Gasteiger partial charge on any atom is -0.453 e. The van der Waals surface area contributed by atoms with Gasteiger partial charge in [-0.1, -0.05) is 37.0 Å². The Kier molecular flexibility index (Phi) is 6.99.